The molecule has 1 aliphatic rings. The Bertz CT molecular complexity index is 476. The molecule has 1 saturated heterocycles. The highest BCUT2D eigenvalue weighted by Gasteiger charge is 2.35. The van der Waals surface area contributed by atoms with E-state index in [9.17, 15) is 9.59 Å². The molecule has 1 fully saturated rings. The molecular formula is C11H15N3O4S. The van der Waals surface area contributed by atoms with Crippen LogP contribution in [0.5, 0.6) is 0 Å². The van der Waals surface area contributed by atoms with Gasteiger partial charge in [-0.15, -0.1) is 5.10 Å². The largest absolute Gasteiger partial charge is 0.481 e. The zero-order valence-electron chi connectivity index (χ0n) is 10.5. The number of rotatable bonds is 5. The predicted octanol–water partition coefficient (Wildman–Crippen LogP) is 0.320. The molecule has 7 nitrogen and oxygen atoms in total. The molecule has 1 aromatic rings. The summed E-state index contributed by atoms with van der Waals surface area (Å²) in [6.07, 6.45) is 1.55. The van der Waals surface area contributed by atoms with Crippen molar-refractivity contribution in [3.05, 3.63) is 10.6 Å². The molecule has 19 heavy (non-hydrogen) atoms. The lowest BCUT2D eigenvalue weighted by Crippen LogP contribution is -2.42. The Balaban J connectivity index is 2.04. The molecule has 2 N–H and O–H groups in total. The van der Waals surface area contributed by atoms with E-state index in [1.54, 1.807) is 0 Å². The second kappa shape index (κ2) is 6.07. The SMILES string of the molecule is CCCc1nnsc1C(=O)NC1COCC1C(=O)O. The van der Waals surface area contributed by atoms with E-state index in [0.717, 1.165) is 18.0 Å². The third kappa shape index (κ3) is 3.07. The highest BCUT2D eigenvalue weighted by molar-refractivity contribution is 7.08. The van der Waals surface area contributed by atoms with E-state index in [-0.39, 0.29) is 19.1 Å². The van der Waals surface area contributed by atoms with Crippen LogP contribution < -0.4 is 5.32 Å². The zero-order valence-corrected chi connectivity index (χ0v) is 11.3. The molecule has 1 aliphatic heterocycles. The van der Waals surface area contributed by atoms with E-state index in [4.69, 9.17) is 9.84 Å². The maximum absolute atomic E-state index is 12.1. The van der Waals surface area contributed by atoms with E-state index < -0.39 is 17.9 Å². The number of nitrogens with zero attached hydrogens (tertiary/aromatic N) is 2. The minimum atomic E-state index is -0.959. The average Bonchev–Trinajstić information content (AvgIpc) is 2.98. The molecule has 0 aromatic carbocycles. The van der Waals surface area contributed by atoms with Crippen LogP contribution in [0.2, 0.25) is 0 Å². The first-order chi connectivity index (χ1) is 9.13. The first-order valence-corrected chi connectivity index (χ1v) is 6.83. The van der Waals surface area contributed by atoms with E-state index >= 15 is 0 Å². The number of amides is 1. The monoisotopic (exact) mass is 285 g/mol. The Labute approximate surface area is 114 Å². The van der Waals surface area contributed by atoms with Crippen LogP contribution in [-0.2, 0) is 16.0 Å². The highest BCUT2D eigenvalue weighted by Crippen LogP contribution is 2.17. The fourth-order valence-electron chi connectivity index (χ4n) is 1.96. The Hall–Kier alpha value is -1.54. The van der Waals surface area contributed by atoms with Gasteiger partial charge >= 0.3 is 5.97 Å². The number of carboxylic acid groups (broad SMARTS) is 1. The van der Waals surface area contributed by atoms with Crippen molar-refractivity contribution in [3.8, 4) is 0 Å². The van der Waals surface area contributed by atoms with Crippen molar-refractivity contribution in [1.29, 1.82) is 0 Å². The number of hydrogen-bond acceptors (Lipinski definition) is 6. The molecule has 2 unspecified atom stereocenters. The van der Waals surface area contributed by atoms with Gasteiger partial charge in [-0.3, -0.25) is 9.59 Å². The molecular weight excluding hydrogens is 270 g/mol. The summed E-state index contributed by atoms with van der Waals surface area (Å²) < 4.78 is 8.88. The van der Waals surface area contributed by atoms with Gasteiger partial charge in [-0.05, 0) is 18.0 Å². The second-order valence-electron chi connectivity index (χ2n) is 4.36. The summed E-state index contributed by atoms with van der Waals surface area (Å²) in [7, 11) is 0. The van der Waals surface area contributed by atoms with Gasteiger partial charge < -0.3 is 15.2 Å². The fourth-order valence-corrected chi connectivity index (χ4v) is 2.57. The summed E-state index contributed by atoms with van der Waals surface area (Å²) in [5.74, 6) is -1.97. The molecule has 2 atom stereocenters. The third-order valence-electron chi connectivity index (χ3n) is 2.96. The molecule has 1 aromatic heterocycles. The number of aromatic nitrogens is 2. The highest BCUT2D eigenvalue weighted by atomic mass is 32.1. The molecule has 0 bridgehead atoms. The molecule has 0 aliphatic carbocycles. The van der Waals surface area contributed by atoms with Crippen LogP contribution in [0.3, 0.4) is 0 Å². The molecule has 104 valence electrons. The fraction of sp³-hybridized carbons (Fsp3) is 0.636. The maximum Gasteiger partial charge on any atom is 0.311 e. The van der Waals surface area contributed by atoms with Crippen molar-refractivity contribution in [2.75, 3.05) is 13.2 Å². The lowest BCUT2D eigenvalue weighted by molar-refractivity contribution is -0.142. The van der Waals surface area contributed by atoms with Crippen molar-refractivity contribution in [3.63, 3.8) is 0 Å². The normalized spacial score (nSPS) is 22.4. The number of ether oxygens (including phenoxy) is 1. The van der Waals surface area contributed by atoms with Gasteiger partial charge in [0.05, 0.1) is 24.9 Å². The molecule has 2 rings (SSSR count). The Kier molecular flexibility index (Phi) is 4.43. The number of carboxylic acids is 1. The van der Waals surface area contributed by atoms with Gasteiger partial charge in [0.25, 0.3) is 5.91 Å². The Morgan fingerprint density at radius 2 is 2.32 bits per heavy atom. The van der Waals surface area contributed by atoms with Crippen LogP contribution in [0, 0.1) is 5.92 Å². The summed E-state index contributed by atoms with van der Waals surface area (Å²) >= 11 is 1.03. The zero-order chi connectivity index (χ0) is 13.8. The Morgan fingerprint density at radius 1 is 1.53 bits per heavy atom. The lowest BCUT2D eigenvalue weighted by atomic mass is 10.0. The van der Waals surface area contributed by atoms with Crippen LogP contribution in [0.1, 0.15) is 28.7 Å². The number of nitrogens with one attached hydrogen (secondary N) is 1. The van der Waals surface area contributed by atoms with E-state index in [0.29, 0.717) is 17.0 Å². The average molecular weight is 285 g/mol. The molecule has 2 heterocycles. The lowest BCUT2D eigenvalue weighted by Gasteiger charge is -2.15. The standard InChI is InChI=1S/C11H15N3O4S/c1-2-3-7-9(19-14-13-7)10(15)12-8-5-18-4-6(8)11(16)17/h6,8H,2-5H2,1H3,(H,12,15)(H,16,17). The topological polar surface area (TPSA) is 101 Å². The first kappa shape index (κ1) is 13.9. The summed E-state index contributed by atoms with van der Waals surface area (Å²) in [5.41, 5.74) is 0.663. The van der Waals surface area contributed by atoms with E-state index in [1.165, 1.54) is 0 Å². The predicted molar refractivity (Wildman–Crippen MR) is 67.1 cm³/mol. The van der Waals surface area contributed by atoms with Crippen LogP contribution >= 0.6 is 11.5 Å². The van der Waals surface area contributed by atoms with Gasteiger partial charge in [0.1, 0.15) is 10.8 Å². The summed E-state index contributed by atoms with van der Waals surface area (Å²) in [4.78, 5) is 23.5. The number of carbonyl (C=O) groups excluding carboxylic acids is 1. The van der Waals surface area contributed by atoms with E-state index in [2.05, 4.69) is 14.9 Å². The number of aryl methyl sites for hydroxylation is 1. The minimum Gasteiger partial charge on any atom is -0.481 e. The smallest absolute Gasteiger partial charge is 0.311 e. The maximum atomic E-state index is 12.1. The van der Waals surface area contributed by atoms with Gasteiger partial charge in [-0.2, -0.15) is 0 Å². The number of aliphatic carboxylic acids is 1. The first-order valence-electron chi connectivity index (χ1n) is 6.06. The molecule has 0 saturated carbocycles. The van der Waals surface area contributed by atoms with Crippen LogP contribution in [0.15, 0.2) is 0 Å². The van der Waals surface area contributed by atoms with Gasteiger partial charge in [-0.1, -0.05) is 17.8 Å². The summed E-state index contributed by atoms with van der Waals surface area (Å²) in [5, 5.41) is 15.6. The molecule has 0 spiro atoms. The van der Waals surface area contributed by atoms with E-state index in [1.807, 2.05) is 6.92 Å². The third-order valence-corrected chi connectivity index (χ3v) is 3.73. The Morgan fingerprint density at radius 3 is 3.00 bits per heavy atom. The number of hydrogen-bond donors (Lipinski definition) is 2. The quantitative estimate of drug-likeness (QED) is 0.808. The van der Waals surface area contributed by atoms with Crippen molar-refractivity contribution < 1.29 is 19.4 Å². The van der Waals surface area contributed by atoms with Crippen LogP contribution in [0.25, 0.3) is 0 Å². The van der Waals surface area contributed by atoms with Crippen LogP contribution in [-0.4, -0.2) is 45.8 Å². The van der Waals surface area contributed by atoms with Crippen molar-refractivity contribution >= 4 is 23.4 Å². The van der Waals surface area contributed by atoms with Gasteiger partial charge in [-0.25, -0.2) is 0 Å². The number of carbonyl (C=O) groups is 2. The summed E-state index contributed by atoms with van der Waals surface area (Å²) in [6.45, 7) is 2.34. The molecule has 8 heteroatoms. The van der Waals surface area contributed by atoms with Crippen molar-refractivity contribution in [2.24, 2.45) is 5.92 Å². The molecule has 1 amide bonds. The molecule has 0 radical (unpaired) electrons. The van der Waals surface area contributed by atoms with Crippen molar-refractivity contribution in [2.45, 2.75) is 25.8 Å². The van der Waals surface area contributed by atoms with Gasteiger partial charge in [0.2, 0.25) is 0 Å². The second-order valence-corrected chi connectivity index (χ2v) is 5.12. The minimum absolute atomic E-state index is 0.128. The van der Waals surface area contributed by atoms with Gasteiger partial charge in [0, 0.05) is 0 Å². The van der Waals surface area contributed by atoms with Gasteiger partial charge in [0.15, 0.2) is 0 Å². The van der Waals surface area contributed by atoms with Crippen LogP contribution in [0.4, 0.5) is 0 Å². The van der Waals surface area contributed by atoms with Crippen molar-refractivity contribution in [1.82, 2.24) is 14.9 Å². The summed E-state index contributed by atoms with van der Waals surface area (Å²) in [6, 6.07) is -0.499.